The van der Waals surface area contributed by atoms with Gasteiger partial charge in [0.25, 0.3) is 0 Å². The molecule has 0 saturated heterocycles. The number of nitrogen functional groups attached to an aromatic ring is 1. The summed E-state index contributed by atoms with van der Waals surface area (Å²) in [5.74, 6) is 0.00740. The van der Waals surface area contributed by atoms with E-state index in [0.717, 1.165) is 36.9 Å². The lowest BCUT2D eigenvalue weighted by Crippen LogP contribution is -2.36. The summed E-state index contributed by atoms with van der Waals surface area (Å²) in [4.78, 5) is 25.8. The van der Waals surface area contributed by atoms with Gasteiger partial charge in [-0.05, 0) is 51.3 Å². The minimum atomic E-state index is -0.493. The monoisotopic (exact) mass is 332 g/mol. The summed E-state index contributed by atoms with van der Waals surface area (Å²) in [6.07, 6.45) is 4.18. The van der Waals surface area contributed by atoms with Gasteiger partial charge in [-0.3, -0.25) is 9.59 Å². The van der Waals surface area contributed by atoms with Gasteiger partial charge in [-0.2, -0.15) is 0 Å². The van der Waals surface area contributed by atoms with Gasteiger partial charge in [0, 0.05) is 24.3 Å². The van der Waals surface area contributed by atoms with E-state index >= 15 is 0 Å². The smallest absolute Gasteiger partial charge is 0.305 e. The van der Waals surface area contributed by atoms with Crippen molar-refractivity contribution >= 4 is 23.3 Å². The Hall–Kier alpha value is -2.04. The summed E-state index contributed by atoms with van der Waals surface area (Å²) in [6.45, 7) is 6.87. The highest BCUT2D eigenvalue weighted by Gasteiger charge is 2.43. The summed E-state index contributed by atoms with van der Waals surface area (Å²) >= 11 is 0. The highest BCUT2D eigenvalue weighted by atomic mass is 16.5. The van der Waals surface area contributed by atoms with Crippen LogP contribution in [-0.2, 0) is 19.7 Å². The fourth-order valence-corrected chi connectivity index (χ4v) is 3.21. The molecule has 24 heavy (non-hydrogen) atoms. The number of hydrogen-bond acceptors (Lipinski definition) is 4. The van der Waals surface area contributed by atoms with E-state index in [9.17, 15) is 9.59 Å². The van der Waals surface area contributed by atoms with E-state index in [1.807, 2.05) is 43.9 Å². The van der Waals surface area contributed by atoms with Gasteiger partial charge in [0.05, 0.1) is 12.0 Å². The molecule has 132 valence electrons. The van der Waals surface area contributed by atoms with Crippen molar-refractivity contribution in [3.8, 4) is 0 Å². The third kappa shape index (κ3) is 3.89. The molecule has 0 saturated carbocycles. The van der Waals surface area contributed by atoms with Gasteiger partial charge in [-0.25, -0.2) is 0 Å². The normalized spacial score (nSPS) is 15.5. The SMILES string of the molecule is CCOC(=O)CCCCCCN1C(=O)C(C)(C)c2ccc(N)cc21. The molecule has 0 bridgehead atoms. The first-order valence-corrected chi connectivity index (χ1v) is 8.75. The van der Waals surface area contributed by atoms with Crippen LogP contribution in [0.2, 0.25) is 0 Å². The summed E-state index contributed by atoms with van der Waals surface area (Å²) in [5.41, 5.74) is 8.07. The number of unbranched alkanes of at least 4 members (excludes halogenated alkanes) is 3. The van der Waals surface area contributed by atoms with Crippen molar-refractivity contribution < 1.29 is 14.3 Å². The summed E-state index contributed by atoms with van der Waals surface area (Å²) in [5, 5.41) is 0. The Labute approximate surface area is 144 Å². The van der Waals surface area contributed by atoms with E-state index in [1.165, 1.54) is 0 Å². The molecule has 0 aliphatic carbocycles. The molecule has 1 aliphatic heterocycles. The minimum Gasteiger partial charge on any atom is -0.466 e. The van der Waals surface area contributed by atoms with E-state index in [-0.39, 0.29) is 11.9 Å². The zero-order valence-corrected chi connectivity index (χ0v) is 14.9. The number of amides is 1. The number of fused-ring (bicyclic) bond motifs is 1. The number of nitrogens with zero attached hydrogens (tertiary/aromatic N) is 1. The second kappa shape index (κ2) is 7.69. The molecule has 5 heteroatoms. The average molecular weight is 332 g/mol. The first kappa shape index (κ1) is 18.3. The first-order valence-electron chi connectivity index (χ1n) is 8.75. The van der Waals surface area contributed by atoms with Gasteiger partial charge >= 0.3 is 5.97 Å². The van der Waals surface area contributed by atoms with Crippen LogP contribution in [0.15, 0.2) is 18.2 Å². The Morgan fingerprint density at radius 2 is 1.92 bits per heavy atom. The van der Waals surface area contributed by atoms with Gasteiger partial charge in [-0.1, -0.05) is 18.9 Å². The van der Waals surface area contributed by atoms with Gasteiger partial charge in [-0.15, -0.1) is 0 Å². The average Bonchev–Trinajstić information content (AvgIpc) is 2.70. The number of esters is 1. The largest absolute Gasteiger partial charge is 0.466 e. The number of carbonyl (C=O) groups excluding carboxylic acids is 2. The van der Waals surface area contributed by atoms with Crippen molar-refractivity contribution in [2.45, 2.75) is 58.3 Å². The van der Waals surface area contributed by atoms with Crippen molar-refractivity contribution in [1.29, 1.82) is 0 Å². The van der Waals surface area contributed by atoms with E-state index < -0.39 is 5.41 Å². The summed E-state index contributed by atoms with van der Waals surface area (Å²) in [7, 11) is 0. The maximum absolute atomic E-state index is 12.7. The highest BCUT2D eigenvalue weighted by Crippen LogP contribution is 2.42. The molecule has 0 spiro atoms. The maximum atomic E-state index is 12.7. The van der Waals surface area contributed by atoms with Gasteiger partial charge in [0.15, 0.2) is 0 Å². The van der Waals surface area contributed by atoms with Gasteiger partial charge in [0.1, 0.15) is 0 Å². The lowest BCUT2D eigenvalue weighted by atomic mass is 9.86. The fraction of sp³-hybridized carbons (Fsp3) is 0.579. The first-order chi connectivity index (χ1) is 11.4. The van der Waals surface area contributed by atoms with Crippen LogP contribution in [0.4, 0.5) is 11.4 Å². The number of hydrogen-bond donors (Lipinski definition) is 1. The number of benzene rings is 1. The molecule has 0 atom stereocenters. The van der Waals surface area contributed by atoms with Crippen LogP contribution in [0.1, 0.15) is 58.4 Å². The number of ether oxygens (including phenoxy) is 1. The molecule has 1 heterocycles. The Kier molecular flexibility index (Phi) is 5.86. The third-order valence-corrected chi connectivity index (χ3v) is 4.58. The summed E-state index contributed by atoms with van der Waals surface area (Å²) < 4.78 is 4.91. The van der Waals surface area contributed by atoms with Crippen molar-refractivity contribution in [3.63, 3.8) is 0 Å². The fourth-order valence-electron chi connectivity index (χ4n) is 3.21. The van der Waals surface area contributed by atoms with Gasteiger partial charge in [0.2, 0.25) is 5.91 Å². The zero-order valence-electron chi connectivity index (χ0n) is 14.9. The number of anilines is 2. The van der Waals surface area contributed by atoms with Crippen LogP contribution >= 0.6 is 0 Å². The topological polar surface area (TPSA) is 72.6 Å². The van der Waals surface area contributed by atoms with Crippen molar-refractivity contribution in [2.24, 2.45) is 0 Å². The minimum absolute atomic E-state index is 0.127. The molecule has 0 fully saturated rings. The van der Waals surface area contributed by atoms with Crippen LogP contribution in [0.25, 0.3) is 0 Å². The van der Waals surface area contributed by atoms with Crippen LogP contribution in [0.5, 0.6) is 0 Å². The van der Waals surface area contributed by atoms with E-state index in [0.29, 0.717) is 25.3 Å². The molecule has 1 amide bonds. The highest BCUT2D eigenvalue weighted by molar-refractivity contribution is 6.07. The Bertz CT molecular complexity index is 611. The van der Waals surface area contributed by atoms with Crippen molar-refractivity contribution in [3.05, 3.63) is 23.8 Å². The number of rotatable bonds is 8. The lowest BCUT2D eigenvalue weighted by molar-refractivity contribution is -0.143. The predicted molar refractivity (Wildman–Crippen MR) is 96.0 cm³/mol. The van der Waals surface area contributed by atoms with Crippen LogP contribution in [-0.4, -0.2) is 25.0 Å². The van der Waals surface area contributed by atoms with Gasteiger partial charge < -0.3 is 15.4 Å². The molecule has 1 aliphatic rings. The summed E-state index contributed by atoms with van der Waals surface area (Å²) in [6, 6.07) is 5.71. The van der Waals surface area contributed by atoms with E-state index in [1.54, 1.807) is 0 Å². The molecule has 1 aromatic rings. The number of carbonyl (C=O) groups is 2. The number of nitrogens with two attached hydrogens (primary N) is 1. The van der Waals surface area contributed by atoms with Crippen molar-refractivity contribution in [2.75, 3.05) is 23.8 Å². The third-order valence-electron chi connectivity index (χ3n) is 4.58. The molecule has 0 aromatic heterocycles. The van der Waals surface area contributed by atoms with Crippen LogP contribution in [0.3, 0.4) is 0 Å². The van der Waals surface area contributed by atoms with E-state index in [4.69, 9.17) is 10.5 Å². The Balaban J connectivity index is 1.84. The second-order valence-corrected chi connectivity index (χ2v) is 6.83. The Morgan fingerprint density at radius 3 is 2.62 bits per heavy atom. The zero-order chi connectivity index (χ0) is 17.7. The van der Waals surface area contributed by atoms with Crippen LogP contribution < -0.4 is 10.6 Å². The van der Waals surface area contributed by atoms with Crippen LogP contribution in [0, 0.1) is 0 Å². The molecular weight excluding hydrogens is 304 g/mol. The molecule has 0 radical (unpaired) electrons. The predicted octanol–water partition coefficient (Wildman–Crippen LogP) is 3.41. The molecule has 1 aromatic carbocycles. The molecule has 5 nitrogen and oxygen atoms in total. The molecule has 2 N–H and O–H groups in total. The maximum Gasteiger partial charge on any atom is 0.305 e. The molecule has 0 unspecified atom stereocenters. The molecule has 2 rings (SSSR count). The van der Waals surface area contributed by atoms with E-state index in [2.05, 4.69) is 0 Å². The molecular formula is C19H28N2O3. The van der Waals surface area contributed by atoms with Crippen molar-refractivity contribution in [1.82, 2.24) is 0 Å². The Morgan fingerprint density at radius 1 is 1.21 bits per heavy atom. The standard InChI is InChI=1S/C19H28N2O3/c1-4-24-17(22)9-7-5-6-8-12-21-16-13-14(20)10-11-15(16)19(2,3)18(21)23/h10-11,13H,4-9,12,20H2,1-3H3. The second-order valence-electron chi connectivity index (χ2n) is 6.83. The quantitative estimate of drug-likeness (QED) is 0.450. The lowest BCUT2D eigenvalue weighted by Gasteiger charge is -2.20.